The lowest BCUT2D eigenvalue weighted by atomic mass is 10.3. The molecule has 4 heterocycles. The Bertz CT molecular complexity index is 1730. The molecule has 0 aliphatic carbocycles. The minimum atomic E-state index is -0.884. The fourth-order valence-corrected chi connectivity index (χ4v) is 8.39. The zero-order valence-electron chi connectivity index (χ0n) is 25.5. The monoisotopic (exact) mass is 848 g/mol. The molecule has 0 unspecified atom stereocenters. The number of esters is 1. The SMILES string of the molecule is C.COc1ccc2nc(C3=N[C@@H](C(=O)O)CS3)sc2c1.COc1ccc2nc(C3=N[C@@H](C(=O)OCCCO)CS3)sc2c1.OCCCI. The summed E-state index contributed by atoms with van der Waals surface area (Å²) in [5.41, 5.74) is 1.77. The Morgan fingerprint density at radius 1 is 0.833 bits per heavy atom. The molecule has 2 aliphatic heterocycles. The molecule has 0 saturated carbocycles. The van der Waals surface area contributed by atoms with Crippen LogP contribution in [0.4, 0.5) is 0 Å². The lowest BCUT2D eigenvalue weighted by Crippen LogP contribution is -2.22. The fraction of sp³-hybridized carbons (Fsp3) is 0.419. The number of aliphatic hydroxyl groups excluding tert-OH is 2. The number of nitrogens with zero attached hydrogens (tertiary/aromatic N) is 4. The van der Waals surface area contributed by atoms with Crippen LogP contribution < -0.4 is 9.47 Å². The molecule has 0 bridgehead atoms. The molecule has 2 aromatic heterocycles. The third-order valence-corrected chi connectivity index (χ3v) is 11.4. The first-order valence-electron chi connectivity index (χ1n) is 14.3. The van der Waals surface area contributed by atoms with Gasteiger partial charge in [-0.3, -0.25) is 9.98 Å². The molecule has 3 N–H and O–H groups in total. The summed E-state index contributed by atoms with van der Waals surface area (Å²) < 4.78 is 18.6. The Morgan fingerprint density at radius 2 is 1.33 bits per heavy atom. The first-order chi connectivity index (χ1) is 22.8. The van der Waals surface area contributed by atoms with E-state index in [0.717, 1.165) is 57.8 Å². The summed E-state index contributed by atoms with van der Waals surface area (Å²) >= 11 is 8.22. The number of alkyl halides is 1. The Kier molecular flexibility index (Phi) is 16.8. The molecular formula is C31H37IN4O8S4. The van der Waals surface area contributed by atoms with Gasteiger partial charge < -0.3 is 29.5 Å². The van der Waals surface area contributed by atoms with Crippen molar-refractivity contribution in [2.45, 2.75) is 32.4 Å². The number of thioether (sulfide) groups is 2. The van der Waals surface area contributed by atoms with E-state index in [9.17, 15) is 9.59 Å². The molecule has 2 aromatic carbocycles. The Hall–Kier alpha value is -2.55. The number of hydrogen-bond acceptors (Lipinski definition) is 15. The van der Waals surface area contributed by atoms with Crippen molar-refractivity contribution in [1.29, 1.82) is 0 Å². The number of ether oxygens (including phenoxy) is 3. The van der Waals surface area contributed by atoms with Crippen LogP contribution in [0.1, 0.15) is 30.3 Å². The van der Waals surface area contributed by atoms with Gasteiger partial charge >= 0.3 is 11.9 Å². The predicted molar refractivity (Wildman–Crippen MR) is 206 cm³/mol. The minimum Gasteiger partial charge on any atom is -0.497 e. The smallest absolute Gasteiger partial charge is 0.331 e. The number of carbonyl (C=O) groups is 2. The number of aliphatic imine (C=N–C) groups is 2. The van der Waals surface area contributed by atoms with Gasteiger partial charge in [-0.25, -0.2) is 19.6 Å². The maximum Gasteiger partial charge on any atom is 0.331 e. The molecule has 4 aromatic rings. The number of carboxylic acids is 1. The van der Waals surface area contributed by atoms with E-state index in [0.29, 0.717) is 29.6 Å². The summed E-state index contributed by atoms with van der Waals surface area (Å²) in [5, 5.41) is 28.8. The highest BCUT2D eigenvalue weighted by atomic mass is 127. The van der Waals surface area contributed by atoms with Crippen LogP contribution >= 0.6 is 68.8 Å². The summed E-state index contributed by atoms with van der Waals surface area (Å²) in [5.74, 6) is 1.39. The van der Waals surface area contributed by atoms with Crippen molar-refractivity contribution in [2.75, 3.05) is 50.0 Å². The van der Waals surface area contributed by atoms with Gasteiger partial charge in [0.25, 0.3) is 0 Å². The van der Waals surface area contributed by atoms with E-state index in [1.165, 1.54) is 46.2 Å². The standard InChI is InChI=1S/C15H16N2O4S2.C12H10N2O3S2.C3H7IO.CH4/c1-20-9-3-4-10-12(7-9)23-14(16-10)13-17-11(8-22-13)15(19)21-6-2-5-18;1-17-6-2-3-7-9(4-6)19-11(13-7)10-14-8(5-18-10)12(15)16;4-2-1-3-5;/h3-4,7,11,18H,2,5-6,8H2,1H3;2-4,8H,5H2,1H3,(H,15,16);5H,1-3H2;1H4/t11-;8-;;/m11../s1. The zero-order valence-corrected chi connectivity index (χ0v) is 30.9. The molecule has 48 heavy (non-hydrogen) atoms. The van der Waals surface area contributed by atoms with Gasteiger partial charge in [0.15, 0.2) is 12.1 Å². The fourth-order valence-electron chi connectivity index (χ4n) is 3.87. The molecular weight excluding hydrogens is 812 g/mol. The molecule has 17 heteroatoms. The maximum atomic E-state index is 11.9. The van der Waals surface area contributed by atoms with E-state index < -0.39 is 18.1 Å². The van der Waals surface area contributed by atoms with Crippen LogP contribution in [0.2, 0.25) is 0 Å². The van der Waals surface area contributed by atoms with E-state index in [-0.39, 0.29) is 26.6 Å². The molecule has 260 valence electrons. The molecule has 2 atom stereocenters. The molecule has 2 aliphatic rings. The van der Waals surface area contributed by atoms with Gasteiger partial charge in [-0.05, 0) is 42.8 Å². The third kappa shape index (κ3) is 11.0. The second-order valence-corrected chi connectivity index (χ2v) is 14.7. The summed E-state index contributed by atoms with van der Waals surface area (Å²) in [6.45, 7) is 0.571. The normalized spacial score (nSPS) is 16.5. The van der Waals surface area contributed by atoms with Crippen LogP contribution in [0.3, 0.4) is 0 Å². The van der Waals surface area contributed by atoms with Crippen LogP contribution in [0.25, 0.3) is 20.4 Å². The largest absolute Gasteiger partial charge is 0.497 e. The van der Waals surface area contributed by atoms with Gasteiger partial charge in [-0.2, -0.15) is 0 Å². The zero-order chi connectivity index (χ0) is 33.8. The number of fused-ring (bicyclic) bond motifs is 2. The van der Waals surface area contributed by atoms with Crippen molar-refractivity contribution in [3.8, 4) is 11.5 Å². The molecule has 0 spiro atoms. The van der Waals surface area contributed by atoms with E-state index in [2.05, 4.69) is 42.5 Å². The van der Waals surface area contributed by atoms with Crippen molar-refractivity contribution < 1.29 is 39.1 Å². The topological polar surface area (TPSA) is 173 Å². The van der Waals surface area contributed by atoms with Crippen LogP contribution in [-0.4, -0.2) is 109 Å². The van der Waals surface area contributed by atoms with Gasteiger partial charge in [0.05, 0.1) is 41.3 Å². The highest BCUT2D eigenvalue weighted by Crippen LogP contribution is 2.33. The van der Waals surface area contributed by atoms with Gasteiger partial charge in [-0.15, -0.1) is 46.2 Å². The van der Waals surface area contributed by atoms with Crippen LogP contribution in [0, 0.1) is 0 Å². The van der Waals surface area contributed by atoms with E-state index >= 15 is 0 Å². The number of methoxy groups -OCH3 is 2. The number of carboxylic acid groups (broad SMARTS) is 1. The molecule has 0 fully saturated rings. The molecule has 12 nitrogen and oxygen atoms in total. The molecule has 0 radical (unpaired) electrons. The quantitative estimate of drug-likeness (QED) is 0.0720. The van der Waals surface area contributed by atoms with Crippen molar-refractivity contribution in [2.24, 2.45) is 9.98 Å². The molecule has 0 amide bonds. The van der Waals surface area contributed by atoms with Crippen molar-refractivity contribution in [1.82, 2.24) is 9.97 Å². The summed E-state index contributed by atoms with van der Waals surface area (Å²) in [4.78, 5) is 40.4. The number of benzene rings is 2. The van der Waals surface area contributed by atoms with Gasteiger partial charge in [0.1, 0.15) is 31.6 Å². The third-order valence-electron chi connectivity index (χ3n) is 6.25. The van der Waals surface area contributed by atoms with Gasteiger partial charge in [0, 0.05) is 35.6 Å². The second-order valence-electron chi connectivity index (χ2n) is 9.58. The average molecular weight is 849 g/mol. The number of aromatic nitrogens is 2. The summed E-state index contributed by atoms with van der Waals surface area (Å²) in [6, 6.07) is 10.3. The van der Waals surface area contributed by atoms with E-state index in [1.54, 1.807) is 14.2 Å². The Labute approximate surface area is 308 Å². The maximum absolute atomic E-state index is 11.9. The first-order valence-corrected chi connectivity index (χ1v) is 19.4. The van der Waals surface area contributed by atoms with Crippen LogP contribution in [-0.2, 0) is 14.3 Å². The first kappa shape index (κ1) is 39.9. The number of rotatable bonds is 11. The van der Waals surface area contributed by atoms with Crippen molar-refractivity contribution >= 4 is 111 Å². The number of hydrogen-bond donors (Lipinski definition) is 3. The minimum absolute atomic E-state index is 0. The number of halogens is 1. The number of aliphatic carboxylic acids is 1. The summed E-state index contributed by atoms with van der Waals surface area (Å²) in [7, 11) is 3.25. The molecule has 6 rings (SSSR count). The highest BCUT2D eigenvalue weighted by molar-refractivity contribution is 14.1. The second kappa shape index (κ2) is 20.2. The summed E-state index contributed by atoms with van der Waals surface area (Å²) in [6.07, 6.45) is 1.38. The van der Waals surface area contributed by atoms with E-state index in [1.807, 2.05) is 36.4 Å². The van der Waals surface area contributed by atoms with E-state index in [4.69, 9.17) is 29.5 Å². The van der Waals surface area contributed by atoms with Crippen LogP contribution in [0.5, 0.6) is 11.5 Å². The lowest BCUT2D eigenvalue weighted by Gasteiger charge is -2.05. The lowest BCUT2D eigenvalue weighted by molar-refractivity contribution is -0.144. The number of thiazole rings is 2. The van der Waals surface area contributed by atoms with Crippen molar-refractivity contribution in [3.63, 3.8) is 0 Å². The Morgan fingerprint density at radius 3 is 1.75 bits per heavy atom. The van der Waals surface area contributed by atoms with Gasteiger partial charge in [-0.1, -0.05) is 30.0 Å². The average Bonchev–Trinajstić information content (AvgIpc) is 3.90. The highest BCUT2D eigenvalue weighted by Gasteiger charge is 2.29. The van der Waals surface area contributed by atoms with Crippen molar-refractivity contribution in [3.05, 3.63) is 46.4 Å². The van der Waals surface area contributed by atoms with Crippen LogP contribution in [0.15, 0.2) is 46.4 Å². The van der Waals surface area contributed by atoms with Gasteiger partial charge in [0.2, 0.25) is 0 Å². The number of carbonyl (C=O) groups excluding carboxylic acids is 1. The predicted octanol–water partition coefficient (Wildman–Crippen LogP) is 5.78. The number of aliphatic hydroxyl groups is 2. The Balaban J connectivity index is 0.000000227. The molecule has 0 saturated heterocycles.